The van der Waals surface area contributed by atoms with Crippen LogP contribution in [0, 0.1) is 0 Å². The second-order valence-corrected chi connectivity index (χ2v) is 1.82. The van der Waals surface area contributed by atoms with Gasteiger partial charge < -0.3 is 21.7 Å². The van der Waals surface area contributed by atoms with E-state index in [4.69, 9.17) is 5.73 Å². The molecule has 0 atom stereocenters. The first-order valence-corrected chi connectivity index (χ1v) is 3.35. The third kappa shape index (κ3) is 2.48. The Kier molecular flexibility index (Phi) is 4.28. The summed E-state index contributed by atoms with van der Waals surface area (Å²) in [6.45, 7) is 2.87. The highest BCUT2D eigenvalue weighted by molar-refractivity contribution is 5.03. The van der Waals surface area contributed by atoms with Gasteiger partial charge in [0, 0.05) is 20.6 Å². The molecule has 0 aliphatic heterocycles. The van der Waals surface area contributed by atoms with Gasteiger partial charge in [-0.1, -0.05) is 0 Å². The van der Waals surface area contributed by atoms with Gasteiger partial charge in [0.2, 0.25) is 0 Å². The number of hydrogen-bond donors (Lipinski definition) is 4. The third-order valence-electron chi connectivity index (χ3n) is 1.14. The van der Waals surface area contributed by atoms with Crippen LogP contribution in [0.5, 0.6) is 0 Å². The summed E-state index contributed by atoms with van der Waals surface area (Å²) in [5.74, 6) is 1.47. The van der Waals surface area contributed by atoms with Crippen molar-refractivity contribution in [2.45, 2.75) is 6.92 Å². The lowest BCUT2D eigenvalue weighted by Crippen LogP contribution is -2.32. The summed E-state index contributed by atoms with van der Waals surface area (Å²) < 4.78 is 0. The lowest BCUT2D eigenvalue weighted by Gasteiger charge is -2.11. The molecule has 4 heteroatoms. The summed E-state index contributed by atoms with van der Waals surface area (Å²) in [4.78, 5) is 0. The third-order valence-corrected chi connectivity index (χ3v) is 1.14. The highest BCUT2D eigenvalue weighted by Crippen LogP contribution is 1.82. The predicted molar refractivity (Wildman–Crippen MR) is 43.0 cm³/mol. The van der Waals surface area contributed by atoms with Crippen molar-refractivity contribution >= 4 is 0 Å². The monoisotopic (exact) mass is 144 g/mol. The fourth-order valence-electron chi connectivity index (χ4n) is 0.620. The second-order valence-electron chi connectivity index (χ2n) is 1.82. The summed E-state index contributed by atoms with van der Waals surface area (Å²) in [5.41, 5.74) is 5.56. The van der Waals surface area contributed by atoms with E-state index in [1.54, 1.807) is 7.05 Å². The summed E-state index contributed by atoms with van der Waals surface area (Å²) >= 11 is 0. The Morgan fingerprint density at radius 3 is 2.20 bits per heavy atom. The zero-order valence-electron chi connectivity index (χ0n) is 6.78. The molecule has 4 nitrogen and oxygen atoms in total. The highest BCUT2D eigenvalue weighted by Gasteiger charge is 1.94. The summed E-state index contributed by atoms with van der Waals surface area (Å²) in [6, 6.07) is 0. The molecule has 0 saturated carbocycles. The fraction of sp³-hybridized carbons (Fsp3) is 0.667. The van der Waals surface area contributed by atoms with Crippen molar-refractivity contribution in [3.63, 3.8) is 0 Å². The van der Waals surface area contributed by atoms with Gasteiger partial charge in [0.25, 0.3) is 0 Å². The first-order valence-electron chi connectivity index (χ1n) is 3.35. The van der Waals surface area contributed by atoms with Gasteiger partial charge >= 0.3 is 0 Å². The summed E-state index contributed by atoms with van der Waals surface area (Å²) in [6.07, 6.45) is 0. The van der Waals surface area contributed by atoms with E-state index in [9.17, 15) is 0 Å². The van der Waals surface area contributed by atoms with E-state index in [0.717, 1.165) is 12.4 Å². The van der Waals surface area contributed by atoms with Crippen LogP contribution in [0.3, 0.4) is 0 Å². The van der Waals surface area contributed by atoms with Crippen LogP contribution < -0.4 is 21.7 Å². The average molecular weight is 144 g/mol. The molecule has 60 valence electrons. The fourth-order valence-corrected chi connectivity index (χ4v) is 0.620. The van der Waals surface area contributed by atoms with E-state index in [-0.39, 0.29) is 0 Å². The van der Waals surface area contributed by atoms with Crippen LogP contribution in [-0.2, 0) is 0 Å². The zero-order chi connectivity index (χ0) is 7.98. The smallest absolute Gasteiger partial charge is 0.139 e. The van der Waals surface area contributed by atoms with Gasteiger partial charge in [-0.2, -0.15) is 0 Å². The molecule has 0 aromatic heterocycles. The maximum atomic E-state index is 5.56. The minimum atomic E-state index is 0.629. The average Bonchev–Trinajstić information content (AvgIpc) is 1.99. The molecule has 0 aliphatic carbocycles. The molecule has 0 saturated heterocycles. The first-order chi connectivity index (χ1) is 4.76. The molecule has 0 bridgehead atoms. The lowest BCUT2D eigenvalue weighted by atomic mass is 10.6. The van der Waals surface area contributed by atoms with Crippen LogP contribution in [0.1, 0.15) is 6.92 Å². The quantitative estimate of drug-likeness (QED) is 0.414. The number of hydrogen-bond acceptors (Lipinski definition) is 4. The predicted octanol–water partition coefficient (Wildman–Crippen LogP) is -0.880. The minimum absolute atomic E-state index is 0.629. The molecular formula is C6H16N4. The van der Waals surface area contributed by atoms with Crippen molar-refractivity contribution < 1.29 is 0 Å². The van der Waals surface area contributed by atoms with Crippen LogP contribution in [0.15, 0.2) is 11.6 Å². The van der Waals surface area contributed by atoms with Gasteiger partial charge in [-0.3, -0.25) is 0 Å². The maximum Gasteiger partial charge on any atom is 0.139 e. The SMILES string of the molecule is CCN/C(NC)=C(\N)NC. The van der Waals surface area contributed by atoms with Crippen molar-refractivity contribution in [3.05, 3.63) is 11.6 Å². The molecule has 0 aromatic carbocycles. The summed E-state index contributed by atoms with van der Waals surface area (Å²) in [5, 5.41) is 8.83. The molecule has 0 rings (SSSR count). The van der Waals surface area contributed by atoms with E-state index >= 15 is 0 Å². The number of nitrogens with two attached hydrogens (primary N) is 1. The van der Waals surface area contributed by atoms with Gasteiger partial charge in [0.05, 0.1) is 0 Å². The lowest BCUT2D eigenvalue weighted by molar-refractivity contribution is 0.722. The van der Waals surface area contributed by atoms with Gasteiger partial charge in [-0.15, -0.1) is 0 Å². The molecule has 0 aliphatic rings. The minimum Gasteiger partial charge on any atom is -0.383 e. The van der Waals surface area contributed by atoms with Crippen LogP contribution in [-0.4, -0.2) is 20.6 Å². The molecular weight excluding hydrogens is 128 g/mol. The molecule has 0 radical (unpaired) electrons. The van der Waals surface area contributed by atoms with E-state index < -0.39 is 0 Å². The van der Waals surface area contributed by atoms with Crippen molar-refractivity contribution in [1.29, 1.82) is 0 Å². The Morgan fingerprint density at radius 2 is 1.90 bits per heavy atom. The molecule has 5 N–H and O–H groups in total. The highest BCUT2D eigenvalue weighted by atomic mass is 15.1. The topological polar surface area (TPSA) is 62.1 Å². The normalized spacial score (nSPS) is 11.9. The Balaban J connectivity index is 4.00. The second kappa shape index (κ2) is 4.78. The van der Waals surface area contributed by atoms with Crippen LogP contribution in [0.25, 0.3) is 0 Å². The largest absolute Gasteiger partial charge is 0.383 e. The van der Waals surface area contributed by atoms with Crippen molar-refractivity contribution in [2.24, 2.45) is 5.73 Å². The molecule has 0 unspecified atom stereocenters. The molecule has 0 fully saturated rings. The van der Waals surface area contributed by atoms with Crippen LogP contribution in [0.4, 0.5) is 0 Å². The van der Waals surface area contributed by atoms with E-state index in [1.165, 1.54) is 0 Å². The van der Waals surface area contributed by atoms with Gasteiger partial charge in [0.1, 0.15) is 11.6 Å². The molecule has 0 spiro atoms. The Morgan fingerprint density at radius 1 is 1.30 bits per heavy atom. The molecule has 0 aromatic rings. The molecule has 10 heavy (non-hydrogen) atoms. The van der Waals surface area contributed by atoms with Gasteiger partial charge in [-0.25, -0.2) is 0 Å². The van der Waals surface area contributed by atoms with Gasteiger partial charge in [-0.05, 0) is 6.92 Å². The molecule has 0 heterocycles. The van der Waals surface area contributed by atoms with Crippen LogP contribution in [0.2, 0.25) is 0 Å². The standard InChI is InChI=1S/C6H16N4/c1-4-10-6(9-3)5(7)8-2/h8-10H,4,7H2,1-3H3/b6-5+. The Bertz CT molecular complexity index is 119. The van der Waals surface area contributed by atoms with Crippen molar-refractivity contribution in [3.8, 4) is 0 Å². The van der Waals surface area contributed by atoms with Crippen molar-refractivity contribution in [2.75, 3.05) is 20.6 Å². The summed E-state index contributed by atoms with van der Waals surface area (Å²) in [7, 11) is 3.60. The van der Waals surface area contributed by atoms with Crippen LogP contribution >= 0.6 is 0 Å². The molecule has 0 amide bonds. The number of rotatable bonds is 4. The Labute approximate surface area is 61.9 Å². The Hall–Kier alpha value is -1.06. The van der Waals surface area contributed by atoms with Gasteiger partial charge in [0.15, 0.2) is 0 Å². The first kappa shape index (κ1) is 8.94. The van der Waals surface area contributed by atoms with E-state index in [1.807, 2.05) is 14.0 Å². The van der Waals surface area contributed by atoms with Crippen molar-refractivity contribution in [1.82, 2.24) is 16.0 Å². The van der Waals surface area contributed by atoms with E-state index in [0.29, 0.717) is 5.82 Å². The maximum absolute atomic E-state index is 5.56. The van der Waals surface area contributed by atoms with E-state index in [2.05, 4.69) is 16.0 Å². The zero-order valence-corrected chi connectivity index (χ0v) is 6.78. The number of nitrogens with one attached hydrogen (secondary N) is 3.